The Labute approximate surface area is 180 Å². The van der Waals surface area contributed by atoms with Crippen LogP contribution in [0.15, 0.2) is 46.9 Å². The Hall–Kier alpha value is -2.34. The summed E-state index contributed by atoms with van der Waals surface area (Å²) in [5, 5.41) is 2.89. The highest BCUT2D eigenvalue weighted by molar-refractivity contribution is 9.10. The van der Waals surface area contributed by atoms with E-state index in [0.717, 1.165) is 35.0 Å². The lowest BCUT2D eigenvalue weighted by molar-refractivity contribution is -0.139. The van der Waals surface area contributed by atoms with Gasteiger partial charge in [0.05, 0.1) is 5.69 Å². The zero-order chi connectivity index (χ0) is 21.0. The number of benzene rings is 2. The Morgan fingerprint density at radius 2 is 1.76 bits per heavy atom. The molecule has 0 bridgehead atoms. The van der Waals surface area contributed by atoms with E-state index >= 15 is 0 Å². The lowest BCUT2D eigenvalue weighted by atomic mass is 9.97. The van der Waals surface area contributed by atoms with Gasteiger partial charge in [-0.25, -0.2) is 0 Å². The number of anilines is 1. The van der Waals surface area contributed by atoms with Crippen molar-refractivity contribution in [1.82, 2.24) is 4.90 Å². The Balaban J connectivity index is 1.57. The number of ether oxygens (including phenoxy) is 1. The van der Waals surface area contributed by atoms with Crippen LogP contribution in [-0.4, -0.2) is 35.4 Å². The summed E-state index contributed by atoms with van der Waals surface area (Å²) in [6.07, 6.45) is 3.24. The molecule has 0 aliphatic carbocycles. The van der Waals surface area contributed by atoms with E-state index in [0.29, 0.717) is 11.3 Å². The quantitative estimate of drug-likeness (QED) is 0.671. The normalized spacial score (nSPS) is 19.0. The van der Waals surface area contributed by atoms with E-state index in [2.05, 4.69) is 35.1 Å². The van der Waals surface area contributed by atoms with Crippen molar-refractivity contribution in [2.45, 2.75) is 52.1 Å². The van der Waals surface area contributed by atoms with Gasteiger partial charge in [-0.15, -0.1) is 0 Å². The molecule has 2 atom stereocenters. The second-order valence-corrected chi connectivity index (χ2v) is 8.53. The van der Waals surface area contributed by atoms with Crippen LogP contribution in [-0.2, 0) is 4.79 Å². The number of nitrogens with zero attached hydrogens (tertiary/aromatic N) is 1. The molecule has 1 aliphatic rings. The first kappa shape index (κ1) is 21.4. The average Bonchev–Trinajstić information content (AvgIpc) is 2.68. The van der Waals surface area contributed by atoms with Crippen molar-refractivity contribution in [2.75, 3.05) is 11.9 Å². The van der Waals surface area contributed by atoms with Crippen LogP contribution in [0.1, 0.15) is 49.0 Å². The monoisotopic (exact) mass is 458 g/mol. The van der Waals surface area contributed by atoms with Crippen molar-refractivity contribution in [1.29, 1.82) is 0 Å². The molecule has 5 nitrogen and oxygen atoms in total. The number of carbonyl (C=O) groups is 2. The van der Waals surface area contributed by atoms with Crippen LogP contribution in [0.2, 0.25) is 0 Å². The van der Waals surface area contributed by atoms with Gasteiger partial charge in [0.25, 0.3) is 11.8 Å². The number of rotatable bonds is 5. The smallest absolute Gasteiger partial charge is 0.260 e. The highest BCUT2D eigenvalue weighted by atomic mass is 79.9. The van der Waals surface area contributed by atoms with Crippen LogP contribution >= 0.6 is 15.9 Å². The highest BCUT2D eigenvalue weighted by Gasteiger charge is 2.28. The Morgan fingerprint density at radius 3 is 2.38 bits per heavy atom. The average molecular weight is 459 g/mol. The van der Waals surface area contributed by atoms with E-state index in [9.17, 15) is 9.59 Å². The van der Waals surface area contributed by atoms with E-state index in [1.807, 2.05) is 30.0 Å². The van der Waals surface area contributed by atoms with Crippen LogP contribution in [0.25, 0.3) is 0 Å². The number of amides is 2. The van der Waals surface area contributed by atoms with Gasteiger partial charge in [-0.2, -0.15) is 0 Å². The van der Waals surface area contributed by atoms with E-state index in [1.54, 1.807) is 24.3 Å². The van der Waals surface area contributed by atoms with Gasteiger partial charge in [0.2, 0.25) is 0 Å². The molecule has 0 aromatic heterocycles. The Kier molecular flexibility index (Phi) is 6.96. The molecule has 1 saturated heterocycles. The van der Waals surface area contributed by atoms with Gasteiger partial charge >= 0.3 is 0 Å². The highest BCUT2D eigenvalue weighted by Crippen LogP contribution is 2.25. The first-order valence-electron chi connectivity index (χ1n) is 9.96. The molecule has 2 unspecified atom stereocenters. The third-order valence-corrected chi connectivity index (χ3v) is 5.99. The van der Waals surface area contributed by atoms with Crippen LogP contribution in [0, 0.1) is 6.92 Å². The molecule has 154 valence electrons. The summed E-state index contributed by atoms with van der Waals surface area (Å²) < 4.78 is 6.51. The zero-order valence-electron chi connectivity index (χ0n) is 17.1. The standard InChI is InChI=1S/C23H27BrN2O3/c1-15-7-12-21(20(24)13-15)25-23(28)18-8-10-19(11-9-18)29-14-22(27)26-16(2)5-4-6-17(26)3/h7-13,16-17H,4-6,14H2,1-3H3,(H,25,28). The molecule has 1 aliphatic heterocycles. The summed E-state index contributed by atoms with van der Waals surface area (Å²) in [6, 6.07) is 13.1. The molecule has 0 radical (unpaired) electrons. The lowest BCUT2D eigenvalue weighted by Gasteiger charge is -2.38. The third-order valence-electron chi connectivity index (χ3n) is 5.33. The van der Waals surface area contributed by atoms with Crippen molar-refractivity contribution >= 4 is 33.4 Å². The maximum absolute atomic E-state index is 12.6. The number of hydrogen-bond donors (Lipinski definition) is 1. The molecule has 0 spiro atoms. The first-order chi connectivity index (χ1) is 13.8. The zero-order valence-corrected chi connectivity index (χ0v) is 18.7. The van der Waals surface area contributed by atoms with Crippen molar-refractivity contribution in [2.24, 2.45) is 0 Å². The van der Waals surface area contributed by atoms with E-state index in [1.165, 1.54) is 0 Å². The van der Waals surface area contributed by atoms with Crippen molar-refractivity contribution < 1.29 is 14.3 Å². The molecule has 6 heteroatoms. The van der Waals surface area contributed by atoms with Crippen LogP contribution in [0.5, 0.6) is 5.75 Å². The minimum atomic E-state index is -0.201. The Morgan fingerprint density at radius 1 is 1.10 bits per heavy atom. The maximum Gasteiger partial charge on any atom is 0.260 e. The lowest BCUT2D eigenvalue weighted by Crippen LogP contribution is -2.49. The molecule has 2 amide bonds. The molecule has 2 aromatic carbocycles. The SMILES string of the molecule is Cc1ccc(NC(=O)c2ccc(OCC(=O)N3C(C)CCCC3C)cc2)c(Br)c1. The molecule has 29 heavy (non-hydrogen) atoms. The third kappa shape index (κ3) is 5.38. The van der Waals surface area contributed by atoms with Crippen molar-refractivity contribution in [3.8, 4) is 5.75 Å². The number of hydrogen-bond acceptors (Lipinski definition) is 3. The summed E-state index contributed by atoms with van der Waals surface area (Å²) in [7, 11) is 0. The number of nitrogens with one attached hydrogen (secondary N) is 1. The first-order valence-corrected chi connectivity index (χ1v) is 10.8. The number of aryl methyl sites for hydroxylation is 1. The summed E-state index contributed by atoms with van der Waals surface area (Å²) >= 11 is 3.46. The van der Waals surface area contributed by atoms with Gasteiger partial charge in [-0.05, 0) is 97.9 Å². The summed E-state index contributed by atoms with van der Waals surface area (Å²) in [5.41, 5.74) is 2.35. The minimum Gasteiger partial charge on any atom is -0.484 e. The van der Waals surface area contributed by atoms with Gasteiger partial charge in [-0.3, -0.25) is 9.59 Å². The summed E-state index contributed by atoms with van der Waals surface area (Å²) in [5.74, 6) is 0.382. The minimum absolute atomic E-state index is 0.00995. The molecule has 3 rings (SSSR count). The maximum atomic E-state index is 12.6. The van der Waals surface area contributed by atoms with Crippen LogP contribution in [0.4, 0.5) is 5.69 Å². The van der Waals surface area contributed by atoms with Gasteiger partial charge in [0.15, 0.2) is 6.61 Å². The molecule has 1 heterocycles. The second-order valence-electron chi connectivity index (χ2n) is 7.68. The number of likely N-dealkylation sites (tertiary alicyclic amines) is 1. The predicted molar refractivity (Wildman–Crippen MR) is 118 cm³/mol. The number of halogens is 1. The fourth-order valence-corrected chi connectivity index (χ4v) is 4.34. The van der Waals surface area contributed by atoms with Crippen molar-refractivity contribution in [3.63, 3.8) is 0 Å². The number of carbonyl (C=O) groups excluding carboxylic acids is 2. The topological polar surface area (TPSA) is 58.6 Å². The fraction of sp³-hybridized carbons (Fsp3) is 0.391. The molecule has 0 saturated carbocycles. The predicted octanol–water partition coefficient (Wildman–Crippen LogP) is 5.18. The van der Waals surface area contributed by atoms with Gasteiger partial charge in [0.1, 0.15) is 5.75 Å². The van der Waals surface area contributed by atoms with Gasteiger partial charge in [-0.1, -0.05) is 6.07 Å². The summed E-state index contributed by atoms with van der Waals surface area (Å²) in [6.45, 7) is 6.18. The van der Waals surface area contributed by atoms with Crippen LogP contribution in [0.3, 0.4) is 0 Å². The molecule has 2 aromatic rings. The Bertz CT molecular complexity index is 872. The molecular weight excluding hydrogens is 432 g/mol. The number of piperidine rings is 1. The van der Waals surface area contributed by atoms with E-state index in [-0.39, 0.29) is 30.5 Å². The van der Waals surface area contributed by atoms with Gasteiger partial charge < -0.3 is 15.0 Å². The van der Waals surface area contributed by atoms with Crippen molar-refractivity contribution in [3.05, 3.63) is 58.1 Å². The summed E-state index contributed by atoms with van der Waals surface area (Å²) in [4.78, 5) is 27.0. The largest absolute Gasteiger partial charge is 0.484 e. The van der Waals surface area contributed by atoms with Crippen LogP contribution < -0.4 is 10.1 Å². The van der Waals surface area contributed by atoms with E-state index in [4.69, 9.17) is 4.74 Å². The molecule has 1 N–H and O–H groups in total. The van der Waals surface area contributed by atoms with Gasteiger partial charge in [0, 0.05) is 22.1 Å². The molecular formula is C23H27BrN2O3. The fourth-order valence-electron chi connectivity index (χ4n) is 3.75. The second kappa shape index (κ2) is 9.44. The van der Waals surface area contributed by atoms with E-state index < -0.39 is 0 Å². The molecule has 1 fully saturated rings.